The van der Waals surface area contributed by atoms with E-state index in [2.05, 4.69) is 11.1 Å². The van der Waals surface area contributed by atoms with Crippen LogP contribution in [0.25, 0.3) is 16.9 Å². The van der Waals surface area contributed by atoms with Gasteiger partial charge in [-0.05, 0) is 30.7 Å². The number of imidazole rings is 1. The Morgan fingerprint density at radius 1 is 1.30 bits per heavy atom. The first-order valence-electron chi connectivity index (χ1n) is 6.44. The predicted octanol–water partition coefficient (Wildman–Crippen LogP) is 3.14. The maximum Gasteiger partial charge on any atom is 0.155 e. The minimum Gasteiger partial charge on any atom is -0.508 e. The molecule has 3 aromatic rings. The van der Waals surface area contributed by atoms with Gasteiger partial charge < -0.3 is 5.11 Å². The number of benzene rings is 1. The fourth-order valence-electron chi connectivity index (χ4n) is 2.41. The molecule has 0 aliphatic carbocycles. The molecule has 0 atom stereocenters. The van der Waals surface area contributed by atoms with Gasteiger partial charge in [0.2, 0.25) is 0 Å². The average molecular weight is 263 g/mol. The molecule has 2 heterocycles. The quantitative estimate of drug-likeness (QED) is 0.772. The molecule has 0 amide bonds. The van der Waals surface area contributed by atoms with Crippen molar-refractivity contribution in [3.63, 3.8) is 0 Å². The number of aromatic nitrogens is 2. The topological polar surface area (TPSA) is 61.3 Å². The van der Waals surface area contributed by atoms with E-state index in [0.29, 0.717) is 11.2 Å². The average Bonchev–Trinajstić information content (AvgIpc) is 2.85. The molecule has 4 heteroatoms. The van der Waals surface area contributed by atoms with Crippen LogP contribution in [0.1, 0.15) is 18.2 Å². The fraction of sp³-hybridized carbons (Fsp3) is 0.125. The van der Waals surface area contributed by atoms with Crippen molar-refractivity contribution in [3.8, 4) is 23.1 Å². The number of rotatable bonds is 2. The van der Waals surface area contributed by atoms with Gasteiger partial charge in [0.1, 0.15) is 11.8 Å². The molecule has 0 unspecified atom stereocenters. The lowest BCUT2D eigenvalue weighted by Gasteiger charge is -2.05. The summed E-state index contributed by atoms with van der Waals surface area (Å²) >= 11 is 0. The molecular weight excluding hydrogens is 250 g/mol. The van der Waals surface area contributed by atoms with Gasteiger partial charge in [0.15, 0.2) is 5.65 Å². The number of nitrogens with zero attached hydrogens (tertiary/aromatic N) is 3. The zero-order valence-corrected chi connectivity index (χ0v) is 11.0. The van der Waals surface area contributed by atoms with Gasteiger partial charge in [0.05, 0.1) is 17.0 Å². The van der Waals surface area contributed by atoms with E-state index < -0.39 is 0 Å². The number of nitriles is 1. The first kappa shape index (κ1) is 12.2. The molecule has 0 aliphatic rings. The second-order valence-electron chi connectivity index (χ2n) is 4.54. The van der Waals surface area contributed by atoms with Gasteiger partial charge in [-0.3, -0.25) is 4.40 Å². The van der Waals surface area contributed by atoms with Gasteiger partial charge in [-0.2, -0.15) is 5.26 Å². The number of pyridine rings is 1. The van der Waals surface area contributed by atoms with Gasteiger partial charge in [-0.25, -0.2) is 4.98 Å². The Morgan fingerprint density at radius 3 is 2.85 bits per heavy atom. The molecule has 0 radical (unpaired) electrons. The Bertz CT molecular complexity index is 827. The maximum absolute atomic E-state index is 9.67. The van der Waals surface area contributed by atoms with Crippen molar-refractivity contribution in [2.24, 2.45) is 0 Å². The minimum absolute atomic E-state index is 0.218. The normalized spacial score (nSPS) is 10.6. The second-order valence-corrected chi connectivity index (χ2v) is 4.54. The van der Waals surface area contributed by atoms with E-state index >= 15 is 0 Å². The monoisotopic (exact) mass is 263 g/mol. The molecule has 0 saturated carbocycles. The van der Waals surface area contributed by atoms with E-state index in [-0.39, 0.29) is 5.75 Å². The van der Waals surface area contributed by atoms with Crippen molar-refractivity contribution in [2.45, 2.75) is 13.3 Å². The number of hydrogen-bond acceptors (Lipinski definition) is 3. The third kappa shape index (κ3) is 1.81. The molecule has 0 saturated heterocycles. The summed E-state index contributed by atoms with van der Waals surface area (Å²) in [6, 6.07) is 12.8. The fourth-order valence-corrected chi connectivity index (χ4v) is 2.41. The van der Waals surface area contributed by atoms with Crippen LogP contribution >= 0.6 is 0 Å². The molecule has 4 nitrogen and oxygen atoms in total. The second kappa shape index (κ2) is 4.71. The number of fused-ring (bicyclic) bond motifs is 1. The summed E-state index contributed by atoms with van der Waals surface area (Å²) in [6.07, 6.45) is 2.65. The van der Waals surface area contributed by atoms with E-state index in [1.165, 1.54) is 0 Å². The lowest BCUT2D eigenvalue weighted by atomic mass is 10.1. The molecule has 0 bridgehead atoms. The van der Waals surface area contributed by atoms with Gasteiger partial charge in [-0.1, -0.05) is 19.1 Å². The van der Waals surface area contributed by atoms with Crippen LogP contribution in [0.15, 0.2) is 42.6 Å². The van der Waals surface area contributed by atoms with Crippen LogP contribution in [0.4, 0.5) is 0 Å². The largest absolute Gasteiger partial charge is 0.508 e. The number of aromatic hydroxyl groups is 1. The summed E-state index contributed by atoms with van der Waals surface area (Å²) < 4.78 is 1.91. The lowest BCUT2D eigenvalue weighted by Crippen LogP contribution is -1.91. The van der Waals surface area contributed by atoms with E-state index in [4.69, 9.17) is 0 Å². The molecule has 1 aromatic carbocycles. The third-order valence-electron chi connectivity index (χ3n) is 3.30. The summed E-state index contributed by atoms with van der Waals surface area (Å²) in [7, 11) is 0. The van der Waals surface area contributed by atoms with E-state index in [9.17, 15) is 10.4 Å². The smallest absolute Gasteiger partial charge is 0.155 e. The Balaban J connectivity index is 2.38. The Hall–Kier alpha value is -2.80. The Morgan fingerprint density at radius 2 is 2.15 bits per heavy atom. The van der Waals surface area contributed by atoms with Crippen molar-refractivity contribution < 1.29 is 5.11 Å². The van der Waals surface area contributed by atoms with Gasteiger partial charge in [0.25, 0.3) is 0 Å². The van der Waals surface area contributed by atoms with E-state index in [1.54, 1.807) is 24.3 Å². The lowest BCUT2D eigenvalue weighted by molar-refractivity contribution is 0.475. The maximum atomic E-state index is 9.67. The number of phenolic OH excluding ortho intramolecular Hbond substituents is 1. The molecule has 0 aliphatic heterocycles. The molecule has 0 spiro atoms. The molecule has 3 rings (SSSR count). The summed E-state index contributed by atoms with van der Waals surface area (Å²) in [5.74, 6) is 0.218. The van der Waals surface area contributed by atoms with Gasteiger partial charge in [0, 0.05) is 11.8 Å². The van der Waals surface area contributed by atoms with E-state index in [1.807, 2.05) is 29.7 Å². The van der Waals surface area contributed by atoms with Crippen molar-refractivity contribution in [1.29, 1.82) is 5.26 Å². The molecular formula is C16H13N3O. The van der Waals surface area contributed by atoms with E-state index in [0.717, 1.165) is 23.4 Å². The SMILES string of the molecule is CCc1nc2c(C#N)cccn2c1-c1cccc(O)c1. The summed E-state index contributed by atoms with van der Waals surface area (Å²) in [4.78, 5) is 4.57. The van der Waals surface area contributed by atoms with Crippen LogP contribution in [0.2, 0.25) is 0 Å². The van der Waals surface area contributed by atoms with Crippen LogP contribution in [0.5, 0.6) is 5.75 Å². The first-order chi connectivity index (χ1) is 9.74. The number of phenols is 1. The van der Waals surface area contributed by atoms with Crippen LogP contribution in [0.3, 0.4) is 0 Å². The van der Waals surface area contributed by atoms with Crippen LogP contribution in [-0.4, -0.2) is 14.5 Å². The van der Waals surface area contributed by atoms with Gasteiger partial charge in [-0.15, -0.1) is 0 Å². The Labute approximate surface area is 116 Å². The molecule has 20 heavy (non-hydrogen) atoms. The predicted molar refractivity (Wildman–Crippen MR) is 76.4 cm³/mol. The van der Waals surface area contributed by atoms with Crippen molar-refractivity contribution >= 4 is 5.65 Å². The highest BCUT2D eigenvalue weighted by molar-refractivity contribution is 5.71. The van der Waals surface area contributed by atoms with Crippen LogP contribution in [-0.2, 0) is 6.42 Å². The van der Waals surface area contributed by atoms with Crippen LogP contribution in [0, 0.1) is 11.3 Å². The first-order valence-corrected chi connectivity index (χ1v) is 6.44. The van der Waals surface area contributed by atoms with Crippen LogP contribution < -0.4 is 0 Å². The zero-order chi connectivity index (χ0) is 14.1. The highest BCUT2D eigenvalue weighted by Gasteiger charge is 2.15. The molecule has 0 fully saturated rings. The summed E-state index contributed by atoms with van der Waals surface area (Å²) in [5, 5.41) is 18.8. The Kier molecular flexibility index (Phi) is 2.88. The standard InChI is InChI=1S/C16H13N3O/c1-2-14-15(11-5-3-7-13(20)9-11)19-8-4-6-12(10-17)16(19)18-14/h3-9,20H,2H2,1H3. The van der Waals surface area contributed by atoms with Gasteiger partial charge >= 0.3 is 0 Å². The summed E-state index contributed by atoms with van der Waals surface area (Å²) in [5.41, 5.74) is 3.94. The van der Waals surface area contributed by atoms with Crippen molar-refractivity contribution in [1.82, 2.24) is 9.38 Å². The number of hydrogen-bond donors (Lipinski definition) is 1. The van der Waals surface area contributed by atoms with Crippen molar-refractivity contribution in [2.75, 3.05) is 0 Å². The highest BCUT2D eigenvalue weighted by atomic mass is 16.3. The van der Waals surface area contributed by atoms with Crippen molar-refractivity contribution in [3.05, 3.63) is 53.9 Å². The zero-order valence-electron chi connectivity index (χ0n) is 11.0. The number of aryl methyl sites for hydroxylation is 1. The molecule has 98 valence electrons. The third-order valence-corrected chi connectivity index (χ3v) is 3.30. The highest BCUT2D eigenvalue weighted by Crippen LogP contribution is 2.28. The molecule has 1 N–H and O–H groups in total. The summed E-state index contributed by atoms with van der Waals surface area (Å²) in [6.45, 7) is 2.03. The molecule has 2 aromatic heterocycles. The minimum atomic E-state index is 0.218.